The van der Waals surface area contributed by atoms with Crippen LogP contribution in [0.2, 0.25) is 0 Å². The maximum Gasteiger partial charge on any atom is 0.416 e. The Morgan fingerprint density at radius 3 is 2.60 bits per heavy atom. The smallest absolute Gasteiger partial charge is 0.387 e. The van der Waals surface area contributed by atoms with Crippen LogP contribution in [0.15, 0.2) is 29.3 Å². The summed E-state index contributed by atoms with van der Waals surface area (Å²) >= 11 is 0. The molecule has 0 saturated carbocycles. The van der Waals surface area contributed by atoms with Crippen LogP contribution in [-0.2, 0) is 12.6 Å². The van der Waals surface area contributed by atoms with Gasteiger partial charge in [0.2, 0.25) is 0 Å². The highest BCUT2D eigenvalue weighted by atomic mass is 19.4. The number of rotatable bonds is 2. The SMILES string of the molecule is CN=C(N)Cc1cccc(C(F)(F)F)c1. The van der Waals surface area contributed by atoms with Crippen LogP contribution in [0.5, 0.6) is 0 Å². The van der Waals surface area contributed by atoms with Crippen molar-refractivity contribution in [3.63, 3.8) is 0 Å². The molecule has 0 radical (unpaired) electrons. The highest BCUT2D eigenvalue weighted by Gasteiger charge is 2.30. The second-order valence-corrected chi connectivity index (χ2v) is 3.09. The molecule has 2 nitrogen and oxygen atoms in total. The number of nitrogens with two attached hydrogens (primary N) is 1. The minimum atomic E-state index is -4.31. The summed E-state index contributed by atoms with van der Waals surface area (Å²) < 4.78 is 37.0. The molecule has 0 bridgehead atoms. The summed E-state index contributed by atoms with van der Waals surface area (Å²) in [5, 5.41) is 0. The molecule has 1 aromatic rings. The number of hydrogen-bond acceptors (Lipinski definition) is 1. The van der Waals surface area contributed by atoms with E-state index in [1.165, 1.54) is 13.1 Å². The minimum absolute atomic E-state index is 0.237. The van der Waals surface area contributed by atoms with Crippen LogP contribution >= 0.6 is 0 Å². The summed E-state index contributed by atoms with van der Waals surface area (Å²) in [6.45, 7) is 0. The van der Waals surface area contributed by atoms with E-state index in [2.05, 4.69) is 4.99 Å². The lowest BCUT2D eigenvalue weighted by atomic mass is 10.1. The van der Waals surface area contributed by atoms with E-state index >= 15 is 0 Å². The van der Waals surface area contributed by atoms with Gasteiger partial charge in [0.25, 0.3) is 0 Å². The van der Waals surface area contributed by atoms with E-state index in [9.17, 15) is 13.2 Å². The Morgan fingerprint density at radius 2 is 2.07 bits per heavy atom. The van der Waals surface area contributed by atoms with E-state index in [4.69, 9.17) is 5.73 Å². The van der Waals surface area contributed by atoms with Crippen LogP contribution < -0.4 is 5.73 Å². The Morgan fingerprint density at radius 1 is 1.40 bits per heavy atom. The Balaban J connectivity index is 2.93. The molecule has 0 unspecified atom stereocenters. The standard InChI is InChI=1S/C10H11F3N2/c1-15-9(14)6-7-3-2-4-8(5-7)10(11,12)13/h2-5H,6H2,1H3,(H2,14,15). The zero-order valence-corrected chi connectivity index (χ0v) is 8.17. The Kier molecular flexibility index (Phi) is 3.34. The van der Waals surface area contributed by atoms with Gasteiger partial charge in [-0.1, -0.05) is 18.2 Å². The first-order valence-corrected chi connectivity index (χ1v) is 4.30. The average molecular weight is 216 g/mol. The molecule has 0 amide bonds. The van der Waals surface area contributed by atoms with Gasteiger partial charge in [0, 0.05) is 13.5 Å². The molecule has 5 heteroatoms. The van der Waals surface area contributed by atoms with Crippen LogP contribution in [-0.4, -0.2) is 12.9 Å². The van der Waals surface area contributed by atoms with Gasteiger partial charge in [0.15, 0.2) is 0 Å². The molecule has 0 aliphatic heterocycles. The quantitative estimate of drug-likeness (QED) is 0.597. The van der Waals surface area contributed by atoms with E-state index in [-0.39, 0.29) is 6.42 Å². The summed E-state index contributed by atoms with van der Waals surface area (Å²) in [6, 6.07) is 5.06. The van der Waals surface area contributed by atoms with Crippen LogP contribution in [0.25, 0.3) is 0 Å². The zero-order valence-electron chi connectivity index (χ0n) is 8.17. The van der Waals surface area contributed by atoms with E-state index in [0.29, 0.717) is 11.4 Å². The number of nitrogens with zero attached hydrogens (tertiary/aromatic N) is 1. The maximum absolute atomic E-state index is 12.3. The van der Waals surface area contributed by atoms with Crippen LogP contribution in [0, 0.1) is 0 Å². The monoisotopic (exact) mass is 216 g/mol. The second kappa shape index (κ2) is 4.33. The third kappa shape index (κ3) is 3.27. The highest BCUT2D eigenvalue weighted by molar-refractivity contribution is 5.82. The van der Waals surface area contributed by atoms with Crippen molar-refractivity contribution in [2.75, 3.05) is 7.05 Å². The van der Waals surface area contributed by atoms with Crippen molar-refractivity contribution in [1.29, 1.82) is 0 Å². The molecule has 82 valence electrons. The molecule has 0 spiro atoms. The molecule has 15 heavy (non-hydrogen) atoms. The number of aliphatic imine (C=N–C) groups is 1. The number of benzene rings is 1. The normalized spacial score (nSPS) is 12.9. The fraction of sp³-hybridized carbons (Fsp3) is 0.300. The number of halogens is 3. The summed E-state index contributed by atoms with van der Waals surface area (Å²) in [5.41, 5.74) is 5.28. The van der Waals surface area contributed by atoms with Crippen molar-refractivity contribution in [1.82, 2.24) is 0 Å². The summed E-state index contributed by atoms with van der Waals surface area (Å²) in [4.78, 5) is 3.69. The molecule has 0 atom stereocenters. The van der Waals surface area contributed by atoms with Crippen molar-refractivity contribution in [3.8, 4) is 0 Å². The van der Waals surface area contributed by atoms with Gasteiger partial charge >= 0.3 is 6.18 Å². The molecule has 0 fully saturated rings. The fourth-order valence-electron chi connectivity index (χ4n) is 1.15. The topological polar surface area (TPSA) is 38.4 Å². The van der Waals surface area contributed by atoms with Gasteiger partial charge in [-0.3, -0.25) is 4.99 Å². The first kappa shape index (κ1) is 11.6. The molecule has 0 aliphatic carbocycles. The minimum Gasteiger partial charge on any atom is -0.387 e. The van der Waals surface area contributed by atoms with Crippen molar-refractivity contribution in [2.45, 2.75) is 12.6 Å². The predicted molar refractivity (Wildman–Crippen MR) is 52.7 cm³/mol. The van der Waals surface area contributed by atoms with Crippen LogP contribution in [0.3, 0.4) is 0 Å². The number of amidine groups is 1. The van der Waals surface area contributed by atoms with Crippen molar-refractivity contribution in [2.24, 2.45) is 10.7 Å². The van der Waals surface area contributed by atoms with Gasteiger partial charge in [-0.15, -0.1) is 0 Å². The lowest BCUT2D eigenvalue weighted by Crippen LogP contribution is -2.15. The van der Waals surface area contributed by atoms with E-state index in [1.54, 1.807) is 6.07 Å². The number of alkyl halides is 3. The van der Waals surface area contributed by atoms with Gasteiger partial charge in [-0.2, -0.15) is 13.2 Å². The summed E-state index contributed by atoms with van der Waals surface area (Å²) in [7, 11) is 1.50. The lowest BCUT2D eigenvalue weighted by Gasteiger charge is -2.08. The molecular formula is C10H11F3N2. The third-order valence-electron chi connectivity index (χ3n) is 1.93. The zero-order chi connectivity index (χ0) is 11.5. The van der Waals surface area contributed by atoms with Crippen LogP contribution in [0.1, 0.15) is 11.1 Å². The van der Waals surface area contributed by atoms with Crippen LogP contribution in [0.4, 0.5) is 13.2 Å². The predicted octanol–water partition coefficient (Wildman–Crippen LogP) is 2.23. The highest BCUT2D eigenvalue weighted by Crippen LogP contribution is 2.29. The van der Waals surface area contributed by atoms with Crippen molar-refractivity contribution < 1.29 is 13.2 Å². The largest absolute Gasteiger partial charge is 0.416 e. The Bertz CT molecular complexity index is 369. The second-order valence-electron chi connectivity index (χ2n) is 3.09. The van der Waals surface area contributed by atoms with Gasteiger partial charge < -0.3 is 5.73 Å². The third-order valence-corrected chi connectivity index (χ3v) is 1.93. The molecule has 1 rings (SSSR count). The molecular weight excluding hydrogens is 205 g/mol. The maximum atomic E-state index is 12.3. The van der Waals surface area contributed by atoms with E-state index in [0.717, 1.165) is 12.1 Å². The Labute approximate surface area is 85.6 Å². The lowest BCUT2D eigenvalue weighted by molar-refractivity contribution is -0.137. The summed E-state index contributed by atoms with van der Waals surface area (Å²) in [5.74, 6) is 0.314. The van der Waals surface area contributed by atoms with Gasteiger partial charge in [0.05, 0.1) is 11.4 Å². The van der Waals surface area contributed by atoms with Crippen molar-refractivity contribution in [3.05, 3.63) is 35.4 Å². The first-order chi connectivity index (χ1) is 6.93. The first-order valence-electron chi connectivity index (χ1n) is 4.30. The molecule has 0 aromatic heterocycles. The van der Waals surface area contributed by atoms with E-state index < -0.39 is 11.7 Å². The van der Waals surface area contributed by atoms with Gasteiger partial charge in [-0.25, -0.2) is 0 Å². The average Bonchev–Trinajstić information content (AvgIpc) is 2.17. The van der Waals surface area contributed by atoms with E-state index in [1.807, 2.05) is 0 Å². The molecule has 0 aliphatic rings. The molecule has 2 N–H and O–H groups in total. The molecule has 0 heterocycles. The molecule has 1 aromatic carbocycles. The number of hydrogen-bond donors (Lipinski definition) is 1. The van der Waals surface area contributed by atoms with Gasteiger partial charge in [0.1, 0.15) is 0 Å². The van der Waals surface area contributed by atoms with Gasteiger partial charge in [-0.05, 0) is 11.6 Å². The molecule has 0 saturated heterocycles. The Hall–Kier alpha value is -1.52. The van der Waals surface area contributed by atoms with Crippen molar-refractivity contribution >= 4 is 5.84 Å². The fourth-order valence-corrected chi connectivity index (χ4v) is 1.15. The summed E-state index contributed by atoms with van der Waals surface area (Å²) in [6.07, 6.45) is -4.07.